The molecule has 3 heteroatoms. The Hall–Kier alpha value is -0.180. The van der Waals surface area contributed by atoms with Crippen LogP contribution in [0.3, 0.4) is 0 Å². The fourth-order valence-corrected chi connectivity index (χ4v) is 2.77. The first-order valence-corrected chi connectivity index (χ1v) is 6.40. The highest BCUT2D eigenvalue weighted by Crippen LogP contribution is 2.34. The van der Waals surface area contributed by atoms with Crippen LogP contribution in [0.5, 0.6) is 0 Å². The predicted molar refractivity (Wildman–Crippen MR) is 66.0 cm³/mol. The van der Waals surface area contributed by atoms with Gasteiger partial charge in [0.2, 0.25) is 0 Å². The van der Waals surface area contributed by atoms with E-state index in [4.69, 9.17) is 17.3 Å². The van der Waals surface area contributed by atoms with Crippen LogP contribution in [-0.4, -0.2) is 12.3 Å². The summed E-state index contributed by atoms with van der Waals surface area (Å²) in [6.07, 6.45) is 3.04. The standard InChI is InChI=1S/C11H16ClNS/c1-3-10(13)11(14-2)8-6-4-5-7-9(8)12/h4-7,10-11H,3,13H2,1-2H3. The molecule has 14 heavy (non-hydrogen) atoms. The van der Waals surface area contributed by atoms with E-state index in [0.717, 1.165) is 17.0 Å². The highest BCUT2D eigenvalue weighted by Gasteiger charge is 2.19. The number of hydrogen-bond acceptors (Lipinski definition) is 2. The normalized spacial score (nSPS) is 15.1. The van der Waals surface area contributed by atoms with E-state index in [-0.39, 0.29) is 6.04 Å². The van der Waals surface area contributed by atoms with Crippen molar-refractivity contribution in [1.29, 1.82) is 0 Å². The molecule has 0 heterocycles. The third-order valence-electron chi connectivity index (χ3n) is 2.33. The van der Waals surface area contributed by atoms with Gasteiger partial charge in [0.25, 0.3) is 0 Å². The third kappa shape index (κ3) is 2.66. The maximum atomic E-state index is 6.13. The number of hydrogen-bond donors (Lipinski definition) is 1. The summed E-state index contributed by atoms with van der Waals surface area (Å²) < 4.78 is 0. The first-order valence-electron chi connectivity index (χ1n) is 4.73. The zero-order chi connectivity index (χ0) is 10.6. The van der Waals surface area contributed by atoms with Gasteiger partial charge in [-0.1, -0.05) is 36.7 Å². The van der Waals surface area contributed by atoms with Crippen LogP contribution in [0, 0.1) is 0 Å². The van der Waals surface area contributed by atoms with Gasteiger partial charge < -0.3 is 5.73 Å². The molecule has 0 aliphatic heterocycles. The van der Waals surface area contributed by atoms with E-state index >= 15 is 0 Å². The van der Waals surface area contributed by atoms with Crippen molar-refractivity contribution in [2.24, 2.45) is 5.73 Å². The summed E-state index contributed by atoms with van der Waals surface area (Å²) in [6.45, 7) is 2.10. The molecule has 0 radical (unpaired) electrons. The molecule has 0 aliphatic rings. The van der Waals surface area contributed by atoms with E-state index in [1.807, 2.05) is 18.2 Å². The highest BCUT2D eigenvalue weighted by molar-refractivity contribution is 7.98. The summed E-state index contributed by atoms with van der Waals surface area (Å²) in [6, 6.07) is 8.10. The third-order valence-corrected chi connectivity index (χ3v) is 3.78. The molecule has 0 aromatic heterocycles. The van der Waals surface area contributed by atoms with Gasteiger partial charge in [-0.3, -0.25) is 0 Å². The lowest BCUT2D eigenvalue weighted by molar-refractivity contribution is 0.635. The van der Waals surface area contributed by atoms with Crippen molar-refractivity contribution >= 4 is 23.4 Å². The molecule has 78 valence electrons. The molecule has 0 spiro atoms. The summed E-state index contributed by atoms with van der Waals surface area (Å²) in [4.78, 5) is 0. The Bertz CT molecular complexity index is 290. The maximum absolute atomic E-state index is 6.13. The van der Waals surface area contributed by atoms with Gasteiger partial charge in [-0.25, -0.2) is 0 Å². The van der Waals surface area contributed by atoms with Gasteiger partial charge in [0.05, 0.1) is 0 Å². The first-order chi connectivity index (χ1) is 6.70. The van der Waals surface area contributed by atoms with Crippen LogP contribution in [0.2, 0.25) is 5.02 Å². The zero-order valence-electron chi connectivity index (χ0n) is 8.53. The molecular formula is C11H16ClNS. The van der Waals surface area contributed by atoms with Crippen molar-refractivity contribution in [1.82, 2.24) is 0 Å². The molecule has 0 fully saturated rings. The average Bonchev–Trinajstić information content (AvgIpc) is 2.21. The summed E-state index contributed by atoms with van der Waals surface area (Å²) >= 11 is 7.89. The lowest BCUT2D eigenvalue weighted by Crippen LogP contribution is -2.25. The maximum Gasteiger partial charge on any atom is 0.0460 e. The van der Waals surface area contributed by atoms with Crippen LogP contribution in [0.4, 0.5) is 0 Å². The Morgan fingerprint density at radius 3 is 2.57 bits per heavy atom. The first kappa shape index (κ1) is 11.9. The van der Waals surface area contributed by atoms with Gasteiger partial charge in [-0.2, -0.15) is 11.8 Å². The Morgan fingerprint density at radius 2 is 2.07 bits per heavy atom. The Labute approximate surface area is 95.0 Å². The molecule has 0 bridgehead atoms. The molecule has 0 saturated heterocycles. The van der Waals surface area contributed by atoms with Crippen LogP contribution in [0.1, 0.15) is 24.2 Å². The van der Waals surface area contributed by atoms with Gasteiger partial charge >= 0.3 is 0 Å². The predicted octanol–water partition coefficient (Wildman–Crippen LogP) is 3.48. The zero-order valence-corrected chi connectivity index (χ0v) is 10.1. The van der Waals surface area contributed by atoms with Crippen molar-refractivity contribution in [2.45, 2.75) is 24.6 Å². The number of halogens is 1. The van der Waals surface area contributed by atoms with Gasteiger partial charge in [0.15, 0.2) is 0 Å². The van der Waals surface area contributed by atoms with E-state index in [9.17, 15) is 0 Å². The van der Waals surface area contributed by atoms with E-state index in [0.29, 0.717) is 5.25 Å². The van der Waals surface area contributed by atoms with E-state index in [1.165, 1.54) is 0 Å². The molecule has 1 rings (SSSR count). The number of rotatable bonds is 4. The van der Waals surface area contributed by atoms with Crippen LogP contribution in [0.15, 0.2) is 24.3 Å². The van der Waals surface area contributed by atoms with Crippen LogP contribution in [-0.2, 0) is 0 Å². The monoisotopic (exact) mass is 229 g/mol. The van der Waals surface area contributed by atoms with E-state index < -0.39 is 0 Å². The van der Waals surface area contributed by atoms with Crippen molar-refractivity contribution < 1.29 is 0 Å². The summed E-state index contributed by atoms with van der Waals surface area (Å²) in [5, 5.41) is 1.12. The van der Waals surface area contributed by atoms with Crippen molar-refractivity contribution in [3.05, 3.63) is 34.9 Å². The number of nitrogens with two attached hydrogens (primary N) is 1. The smallest absolute Gasteiger partial charge is 0.0460 e. The molecular weight excluding hydrogens is 214 g/mol. The van der Waals surface area contributed by atoms with Crippen LogP contribution >= 0.6 is 23.4 Å². The molecule has 2 unspecified atom stereocenters. The largest absolute Gasteiger partial charge is 0.326 e. The van der Waals surface area contributed by atoms with Crippen molar-refractivity contribution in [2.75, 3.05) is 6.26 Å². The fraction of sp³-hybridized carbons (Fsp3) is 0.455. The van der Waals surface area contributed by atoms with Crippen LogP contribution in [0.25, 0.3) is 0 Å². The lowest BCUT2D eigenvalue weighted by atomic mass is 10.0. The van der Waals surface area contributed by atoms with E-state index in [2.05, 4.69) is 19.2 Å². The molecule has 0 amide bonds. The molecule has 1 aromatic rings. The second kappa shape index (κ2) is 5.64. The topological polar surface area (TPSA) is 26.0 Å². The molecule has 2 atom stereocenters. The number of benzene rings is 1. The fourth-order valence-electron chi connectivity index (χ4n) is 1.45. The van der Waals surface area contributed by atoms with Gasteiger partial charge in [0.1, 0.15) is 0 Å². The minimum absolute atomic E-state index is 0.171. The lowest BCUT2D eigenvalue weighted by Gasteiger charge is -2.22. The quantitative estimate of drug-likeness (QED) is 0.856. The Kier molecular flexibility index (Phi) is 4.79. The Balaban J connectivity index is 2.94. The minimum atomic E-state index is 0.171. The second-order valence-corrected chi connectivity index (χ2v) is 4.64. The highest BCUT2D eigenvalue weighted by atomic mass is 35.5. The second-order valence-electron chi connectivity index (χ2n) is 3.25. The van der Waals surface area contributed by atoms with E-state index in [1.54, 1.807) is 11.8 Å². The Morgan fingerprint density at radius 1 is 1.43 bits per heavy atom. The van der Waals surface area contributed by atoms with Crippen molar-refractivity contribution in [3.63, 3.8) is 0 Å². The van der Waals surface area contributed by atoms with Gasteiger partial charge in [0, 0.05) is 16.3 Å². The SMILES string of the molecule is CCC(N)C(SC)c1ccccc1Cl. The van der Waals surface area contributed by atoms with Gasteiger partial charge in [-0.05, 0) is 24.3 Å². The summed E-state index contributed by atoms with van der Waals surface area (Å²) in [5.74, 6) is 0. The molecule has 1 aromatic carbocycles. The molecule has 0 saturated carbocycles. The summed E-state index contributed by atoms with van der Waals surface area (Å²) in [7, 11) is 0. The molecule has 2 N–H and O–H groups in total. The van der Waals surface area contributed by atoms with Gasteiger partial charge in [-0.15, -0.1) is 0 Å². The molecule has 0 aliphatic carbocycles. The van der Waals surface area contributed by atoms with Crippen molar-refractivity contribution in [3.8, 4) is 0 Å². The summed E-state index contributed by atoms with van der Waals surface area (Å²) in [5.41, 5.74) is 7.20. The molecule has 1 nitrogen and oxygen atoms in total. The minimum Gasteiger partial charge on any atom is -0.326 e. The van der Waals surface area contributed by atoms with Crippen LogP contribution < -0.4 is 5.73 Å². The number of thioether (sulfide) groups is 1. The average molecular weight is 230 g/mol.